The van der Waals surface area contributed by atoms with Gasteiger partial charge in [0.1, 0.15) is 0 Å². The molecule has 1 N–H and O–H groups in total. The van der Waals surface area contributed by atoms with E-state index in [9.17, 15) is 19.7 Å². The third-order valence-electron chi connectivity index (χ3n) is 3.42. The van der Waals surface area contributed by atoms with Crippen LogP contribution in [0.5, 0.6) is 0 Å². The van der Waals surface area contributed by atoms with Crippen molar-refractivity contribution in [2.45, 2.75) is 23.1 Å². The first-order valence-corrected chi connectivity index (χ1v) is 10.8. The maximum Gasteiger partial charge on any atom is 0.357 e. The highest BCUT2D eigenvalue weighted by atomic mass is 32.2. The Kier molecular flexibility index (Phi) is 6.56. The van der Waals surface area contributed by atoms with Gasteiger partial charge < -0.3 is 4.74 Å². The molecule has 2 heterocycles. The van der Waals surface area contributed by atoms with Gasteiger partial charge in [-0.15, -0.1) is 22.7 Å². The molecule has 0 radical (unpaired) electrons. The van der Waals surface area contributed by atoms with Crippen molar-refractivity contribution in [2.24, 2.45) is 0 Å². The average Bonchev–Trinajstić information content (AvgIpc) is 3.31. The maximum atomic E-state index is 12.5. The largest absolute Gasteiger partial charge is 0.461 e. The number of ether oxygens (including phenoxy) is 1. The van der Waals surface area contributed by atoms with Gasteiger partial charge in [0, 0.05) is 28.1 Å². The summed E-state index contributed by atoms with van der Waals surface area (Å²) < 4.78 is 5.53. The van der Waals surface area contributed by atoms with Gasteiger partial charge in [0.2, 0.25) is 0 Å². The van der Waals surface area contributed by atoms with Crippen molar-refractivity contribution in [1.82, 2.24) is 9.97 Å². The fourth-order valence-corrected chi connectivity index (χ4v) is 4.71. The lowest BCUT2D eigenvalue weighted by Crippen LogP contribution is -2.13. The van der Waals surface area contributed by atoms with E-state index in [1.807, 2.05) is 12.3 Å². The summed E-state index contributed by atoms with van der Waals surface area (Å²) in [5.41, 5.74) is 0.830. The second kappa shape index (κ2) is 9.11. The number of aryl methyl sites for hydroxylation is 1. The van der Waals surface area contributed by atoms with E-state index in [1.165, 1.54) is 46.7 Å². The predicted molar refractivity (Wildman–Crippen MR) is 110 cm³/mol. The van der Waals surface area contributed by atoms with Crippen LogP contribution >= 0.6 is 34.4 Å². The van der Waals surface area contributed by atoms with Crippen molar-refractivity contribution >= 4 is 57.1 Å². The molecule has 0 bridgehead atoms. The molecule has 9 nitrogen and oxygen atoms in total. The van der Waals surface area contributed by atoms with Crippen molar-refractivity contribution in [3.05, 3.63) is 56.0 Å². The standard InChI is InChI=1S/C17H14N4O5S3/c1-3-26-15(23)11-8-27-16(19-11)20-14(22)10-4-5-13(12(6-10)21(24)25)29-17-18-9(2)7-28-17/h4-8H,3H2,1-2H3,(H,19,20,22). The summed E-state index contributed by atoms with van der Waals surface area (Å²) in [6.07, 6.45) is 0. The Labute approximate surface area is 177 Å². The zero-order valence-corrected chi connectivity index (χ0v) is 17.7. The number of carbonyl (C=O) groups is 2. The molecule has 1 amide bonds. The number of nitrogens with one attached hydrogen (secondary N) is 1. The smallest absolute Gasteiger partial charge is 0.357 e. The SMILES string of the molecule is CCOC(=O)c1csc(NC(=O)c2ccc(Sc3nc(C)cs3)c([N+](=O)[O-])c2)n1. The van der Waals surface area contributed by atoms with Crippen LogP contribution in [0.2, 0.25) is 0 Å². The molecular formula is C17H14N4O5S3. The number of thiazole rings is 2. The lowest BCUT2D eigenvalue weighted by Gasteiger charge is -2.05. The van der Waals surface area contributed by atoms with Gasteiger partial charge in [-0.3, -0.25) is 20.2 Å². The van der Waals surface area contributed by atoms with Crippen molar-refractivity contribution in [1.29, 1.82) is 0 Å². The Morgan fingerprint density at radius 2 is 2.07 bits per heavy atom. The van der Waals surface area contributed by atoms with E-state index in [1.54, 1.807) is 6.92 Å². The number of nitro benzene ring substituents is 1. The van der Waals surface area contributed by atoms with Crippen LogP contribution in [0.4, 0.5) is 10.8 Å². The minimum Gasteiger partial charge on any atom is -0.461 e. The molecule has 29 heavy (non-hydrogen) atoms. The van der Waals surface area contributed by atoms with Crippen LogP contribution in [-0.2, 0) is 4.74 Å². The minimum absolute atomic E-state index is 0.0867. The molecule has 150 valence electrons. The highest BCUT2D eigenvalue weighted by molar-refractivity contribution is 8.01. The Morgan fingerprint density at radius 1 is 1.28 bits per heavy atom. The number of esters is 1. The van der Waals surface area contributed by atoms with Gasteiger partial charge in [0.15, 0.2) is 15.2 Å². The van der Waals surface area contributed by atoms with E-state index in [0.717, 1.165) is 17.0 Å². The Bertz CT molecular complexity index is 1080. The van der Waals surface area contributed by atoms with Gasteiger partial charge >= 0.3 is 5.97 Å². The highest BCUT2D eigenvalue weighted by Crippen LogP contribution is 2.37. The van der Waals surface area contributed by atoms with Crippen LogP contribution in [0.1, 0.15) is 33.5 Å². The molecule has 1 aromatic carbocycles. The monoisotopic (exact) mass is 450 g/mol. The first kappa shape index (κ1) is 20.9. The highest BCUT2D eigenvalue weighted by Gasteiger charge is 2.20. The zero-order valence-electron chi connectivity index (χ0n) is 15.2. The Balaban J connectivity index is 1.78. The molecule has 0 aliphatic heterocycles. The van der Waals surface area contributed by atoms with Gasteiger partial charge in [-0.1, -0.05) is 11.8 Å². The molecule has 0 aliphatic carbocycles. The topological polar surface area (TPSA) is 124 Å². The molecule has 3 rings (SSSR count). The average molecular weight is 451 g/mol. The fraction of sp³-hybridized carbons (Fsp3) is 0.176. The molecule has 0 saturated carbocycles. The zero-order chi connectivity index (χ0) is 21.0. The Hall–Kier alpha value is -2.83. The number of anilines is 1. The van der Waals surface area contributed by atoms with Gasteiger partial charge in [-0.2, -0.15) is 0 Å². The third kappa shape index (κ3) is 5.16. The summed E-state index contributed by atoms with van der Waals surface area (Å²) >= 11 is 3.62. The van der Waals surface area contributed by atoms with E-state index in [2.05, 4.69) is 15.3 Å². The van der Waals surface area contributed by atoms with Crippen molar-refractivity contribution in [2.75, 3.05) is 11.9 Å². The van der Waals surface area contributed by atoms with Crippen LogP contribution in [0.3, 0.4) is 0 Å². The lowest BCUT2D eigenvalue weighted by atomic mass is 10.2. The number of hydrogen-bond donors (Lipinski definition) is 1. The van der Waals surface area contributed by atoms with E-state index in [4.69, 9.17) is 4.74 Å². The van der Waals surface area contributed by atoms with E-state index in [-0.39, 0.29) is 28.7 Å². The molecule has 0 fully saturated rings. The summed E-state index contributed by atoms with van der Waals surface area (Å²) in [5.74, 6) is -1.15. The number of benzene rings is 1. The number of aromatic nitrogens is 2. The van der Waals surface area contributed by atoms with Crippen LogP contribution in [0.25, 0.3) is 0 Å². The lowest BCUT2D eigenvalue weighted by molar-refractivity contribution is -0.387. The summed E-state index contributed by atoms with van der Waals surface area (Å²) in [5, 5.41) is 17.5. The third-order valence-corrected chi connectivity index (χ3v) is 6.30. The van der Waals surface area contributed by atoms with Gasteiger partial charge in [0.25, 0.3) is 11.6 Å². The number of hydrogen-bond acceptors (Lipinski definition) is 10. The van der Waals surface area contributed by atoms with Crippen LogP contribution in [0.15, 0.2) is 38.2 Å². The van der Waals surface area contributed by atoms with Crippen molar-refractivity contribution in [3.8, 4) is 0 Å². The summed E-state index contributed by atoms with van der Waals surface area (Å²) in [4.78, 5) is 43.7. The molecule has 2 aromatic heterocycles. The molecule has 0 saturated heterocycles. The number of carbonyl (C=O) groups excluding carboxylic acids is 2. The molecule has 12 heteroatoms. The van der Waals surface area contributed by atoms with E-state index in [0.29, 0.717) is 9.24 Å². The number of nitro groups is 1. The molecule has 0 spiro atoms. The van der Waals surface area contributed by atoms with Crippen LogP contribution in [-0.4, -0.2) is 33.4 Å². The van der Waals surface area contributed by atoms with Gasteiger partial charge in [0.05, 0.1) is 16.4 Å². The second-order valence-electron chi connectivity index (χ2n) is 5.51. The summed E-state index contributed by atoms with van der Waals surface area (Å²) in [6.45, 7) is 3.73. The quantitative estimate of drug-likeness (QED) is 0.319. The van der Waals surface area contributed by atoms with Crippen molar-refractivity contribution in [3.63, 3.8) is 0 Å². The number of rotatable bonds is 7. The van der Waals surface area contributed by atoms with E-state index < -0.39 is 16.8 Å². The van der Waals surface area contributed by atoms with Crippen LogP contribution in [0, 0.1) is 17.0 Å². The number of amides is 1. The Morgan fingerprint density at radius 3 is 2.72 bits per heavy atom. The van der Waals surface area contributed by atoms with Gasteiger partial charge in [-0.25, -0.2) is 14.8 Å². The van der Waals surface area contributed by atoms with Gasteiger partial charge in [-0.05, 0) is 26.0 Å². The number of nitrogens with zero attached hydrogens (tertiary/aromatic N) is 3. The minimum atomic E-state index is -0.585. The molecule has 0 atom stereocenters. The predicted octanol–water partition coefficient (Wildman–Crippen LogP) is 4.40. The normalized spacial score (nSPS) is 10.6. The second-order valence-corrected chi connectivity index (χ2v) is 8.51. The molecular weight excluding hydrogens is 436 g/mol. The van der Waals surface area contributed by atoms with Crippen molar-refractivity contribution < 1.29 is 19.2 Å². The summed E-state index contributed by atoms with van der Waals surface area (Å²) in [6, 6.07) is 4.21. The molecule has 0 unspecified atom stereocenters. The van der Waals surface area contributed by atoms with Crippen LogP contribution < -0.4 is 5.32 Å². The molecule has 0 aliphatic rings. The maximum absolute atomic E-state index is 12.5. The molecule has 3 aromatic rings. The summed E-state index contributed by atoms with van der Waals surface area (Å²) in [7, 11) is 0. The first-order valence-electron chi connectivity index (χ1n) is 8.19. The first-order chi connectivity index (χ1) is 13.9. The van der Waals surface area contributed by atoms with E-state index >= 15 is 0 Å². The fourth-order valence-electron chi connectivity index (χ4n) is 2.16.